The zero-order chi connectivity index (χ0) is 13.1. The smallest absolute Gasteiger partial charge is 0.126 e. The summed E-state index contributed by atoms with van der Waals surface area (Å²) < 4.78 is 0. The maximum Gasteiger partial charge on any atom is 0.126 e. The SMILES string of the molecule is C=CC(CCC=CCCC=CC)C(C)(C)C=O. The lowest BCUT2D eigenvalue weighted by atomic mass is 9.78. The number of rotatable bonds is 9. The predicted octanol–water partition coefficient (Wildman–Crippen LogP) is 4.71. The lowest BCUT2D eigenvalue weighted by Gasteiger charge is -2.25. The van der Waals surface area contributed by atoms with E-state index in [1.54, 1.807) is 0 Å². The average Bonchev–Trinajstić information content (AvgIpc) is 2.32. The fourth-order valence-electron chi connectivity index (χ4n) is 1.75. The van der Waals surface area contributed by atoms with Crippen LogP contribution in [0, 0.1) is 11.3 Å². The fourth-order valence-corrected chi connectivity index (χ4v) is 1.75. The van der Waals surface area contributed by atoms with Crippen LogP contribution in [0.2, 0.25) is 0 Å². The maximum absolute atomic E-state index is 11.0. The molecule has 0 saturated carbocycles. The highest BCUT2D eigenvalue weighted by Gasteiger charge is 2.25. The molecule has 0 radical (unpaired) electrons. The van der Waals surface area contributed by atoms with Crippen LogP contribution in [0.5, 0.6) is 0 Å². The van der Waals surface area contributed by atoms with E-state index in [0.717, 1.165) is 32.0 Å². The third kappa shape index (κ3) is 6.93. The highest BCUT2D eigenvalue weighted by Crippen LogP contribution is 2.29. The molecule has 0 aromatic rings. The van der Waals surface area contributed by atoms with Crippen molar-refractivity contribution in [2.45, 2.75) is 46.5 Å². The second kappa shape index (κ2) is 8.98. The van der Waals surface area contributed by atoms with Crippen LogP contribution in [0.3, 0.4) is 0 Å². The summed E-state index contributed by atoms with van der Waals surface area (Å²) in [5.41, 5.74) is -0.291. The third-order valence-corrected chi connectivity index (χ3v) is 3.09. The highest BCUT2D eigenvalue weighted by atomic mass is 16.1. The minimum Gasteiger partial charge on any atom is -0.303 e. The molecular weight excluding hydrogens is 208 g/mol. The molecule has 0 aliphatic carbocycles. The molecule has 1 heteroatoms. The van der Waals surface area contributed by atoms with Crippen molar-refractivity contribution >= 4 is 6.29 Å². The molecule has 0 aliphatic heterocycles. The normalized spacial score (nSPS) is 14.3. The topological polar surface area (TPSA) is 17.1 Å². The van der Waals surface area contributed by atoms with Gasteiger partial charge in [0.1, 0.15) is 6.29 Å². The number of aldehydes is 1. The summed E-state index contributed by atoms with van der Waals surface area (Å²) >= 11 is 0. The monoisotopic (exact) mass is 234 g/mol. The molecule has 0 aliphatic rings. The first-order chi connectivity index (χ1) is 8.08. The quantitative estimate of drug-likeness (QED) is 0.321. The van der Waals surface area contributed by atoms with Crippen molar-refractivity contribution in [1.82, 2.24) is 0 Å². The van der Waals surface area contributed by atoms with Gasteiger partial charge in [0.2, 0.25) is 0 Å². The summed E-state index contributed by atoms with van der Waals surface area (Å²) in [6, 6.07) is 0. The first kappa shape index (κ1) is 15.9. The summed E-state index contributed by atoms with van der Waals surface area (Å²) in [6.07, 6.45) is 15.8. The average molecular weight is 234 g/mol. The van der Waals surface area contributed by atoms with Gasteiger partial charge in [-0.1, -0.05) is 44.2 Å². The van der Waals surface area contributed by atoms with Gasteiger partial charge in [-0.25, -0.2) is 0 Å². The molecule has 0 amide bonds. The lowest BCUT2D eigenvalue weighted by Crippen LogP contribution is -2.23. The van der Waals surface area contributed by atoms with Gasteiger partial charge in [-0.05, 0) is 38.5 Å². The molecule has 0 fully saturated rings. The molecule has 0 aromatic heterocycles. The molecule has 0 heterocycles. The van der Waals surface area contributed by atoms with E-state index < -0.39 is 0 Å². The van der Waals surface area contributed by atoms with Crippen LogP contribution in [-0.4, -0.2) is 6.29 Å². The van der Waals surface area contributed by atoms with Gasteiger partial charge in [0.25, 0.3) is 0 Å². The van der Waals surface area contributed by atoms with E-state index in [0.29, 0.717) is 0 Å². The maximum atomic E-state index is 11.0. The summed E-state index contributed by atoms with van der Waals surface area (Å²) in [7, 11) is 0. The zero-order valence-corrected chi connectivity index (χ0v) is 11.5. The van der Waals surface area contributed by atoms with Gasteiger partial charge in [-0.15, -0.1) is 6.58 Å². The Hall–Kier alpha value is -1.11. The minimum absolute atomic E-state index is 0.264. The second-order valence-electron chi connectivity index (χ2n) is 4.98. The van der Waals surface area contributed by atoms with Crippen molar-refractivity contribution in [3.63, 3.8) is 0 Å². The number of carbonyl (C=O) groups is 1. The molecule has 1 atom stereocenters. The van der Waals surface area contributed by atoms with Crippen molar-refractivity contribution in [2.75, 3.05) is 0 Å². The van der Waals surface area contributed by atoms with Crippen molar-refractivity contribution in [3.05, 3.63) is 37.0 Å². The van der Waals surface area contributed by atoms with Gasteiger partial charge in [0.05, 0.1) is 0 Å². The highest BCUT2D eigenvalue weighted by molar-refractivity contribution is 5.59. The van der Waals surface area contributed by atoms with Crippen LogP contribution < -0.4 is 0 Å². The van der Waals surface area contributed by atoms with E-state index >= 15 is 0 Å². The van der Waals surface area contributed by atoms with E-state index in [4.69, 9.17) is 0 Å². The molecule has 0 rings (SSSR count). The molecule has 1 unspecified atom stereocenters. The van der Waals surface area contributed by atoms with Crippen LogP contribution in [0.1, 0.15) is 46.5 Å². The van der Waals surface area contributed by atoms with Crippen molar-refractivity contribution in [3.8, 4) is 0 Å². The van der Waals surface area contributed by atoms with E-state index in [-0.39, 0.29) is 11.3 Å². The van der Waals surface area contributed by atoms with E-state index in [1.807, 2.05) is 26.8 Å². The molecule has 17 heavy (non-hydrogen) atoms. The van der Waals surface area contributed by atoms with Crippen molar-refractivity contribution < 1.29 is 4.79 Å². The molecule has 0 N–H and O–H groups in total. The van der Waals surface area contributed by atoms with E-state index in [1.165, 1.54) is 0 Å². The minimum atomic E-state index is -0.291. The first-order valence-electron chi connectivity index (χ1n) is 6.43. The van der Waals surface area contributed by atoms with Gasteiger partial charge < -0.3 is 4.79 Å². The number of allylic oxidation sites excluding steroid dienone is 5. The van der Waals surface area contributed by atoms with Gasteiger partial charge in [0.15, 0.2) is 0 Å². The largest absolute Gasteiger partial charge is 0.303 e. The Morgan fingerprint density at radius 3 is 2.24 bits per heavy atom. The standard InChI is InChI=1S/C16H26O/c1-5-7-8-9-10-11-12-13-15(6-2)16(3,4)14-17/h5-7,10-11,14-15H,2,8-9,12-13H2,1,3-4H3. The Balaban J connectivity index is 3.92. The van der Waals surface area contributed by atoms with E-state index in [9.17, 15) is 4.79 Å². The number of hydrogen-bond acceptors (Lipinski definition) is 1. The summed E-state index contributed by atoms with van der Waals surface area (Å²) in [5.74, 6) is 0.264. The Bertz CT molecular complexity index is 271. The predicted molar refractivity (Wildman–Crippen MR) is 76.0 cm³/mol. The zero-order valence-electron chi connectivity index (χ0n) is 11.5. The van der Waals surface area contributed by atoms with Crippen molar-refractivity contribution in [2.24, 2.45) is 11.3 Å². The second-order valence-corrected chi connectivity index (χ2v) is 4.98. The fraction of sp³-hybridized carbons (Fsp3) is 0.562. The van der Waals surface area contributed by atoms with Crippen LogP contribution >= 0.6 is 0 Å². The van der Waals surface area contributed by atoms with Crippen molar-refractivity contribution in [1.29, 1.82) is 0 Å². The number of carbonyl (C=O) groups excluding carboxylic acids is 1. The molecule has 1 nitrogen and oxygen atoms in total. The number of hydrogen-bond donors (Lipinski definition) is 0. The molecule has 0 aromatic carbocycles. The van der Waals surface area contributed by atoms with Crippen LogP contribution in [0.25, 0.3) is 0 Å². The van der Waals surface area contributed by atoms with Gasteiger partial charge in [0, 0.05) is 5.41 Å². The summed E-state index contributed by atoms with van der Waals surface area (Å²) in [4.78, 5) is 11.0. The Kier molecular flexibility index (Phi) is 8.39. The molecular formula is C16H26O. The van der Waals surface area contributed by atoms with Crippen LogP contribution in [-0.2, 0) is 4.79 Å². The lowest BCUT2D eigenvalue weighted by molar-refractivity contribution is -0.116. The Morgan fingerprint density at radius 1 is 1.12 bits per heavy atom. The Labute approximate surface area is 106 Å². The van der Waals surface area contributed by atoms with Gasteiger partial charge >= 0.3 is 0 Å². The molecule has 96 valence electrons. The third-order valence-electron chi connectivity index (χ3n) is 3.09. The first-order valence-corrected chi connectivity index (χ1v) is 6.43. The summed E-state index contributed by atoms with van der Waals surface area (Å²) in [6.45, 7) is 9.81. The van der Waals surface area contributed by atoms with Crippen LogP contribution in [0.4, 0.5) is 0 Å². The molecule has 0 bridgehead atoms. The van der Waals surface area contributed by atoms with Crippen LogP contribution in [0.15, 0.2) is 37.0 Å². The molecule has 0 saturated heterocycles. The Morgan fingerprint density at radius 2 is 1.71 bits per heavy atom. The summed E-state index contributed by atoms with van der Waals surface area (Å²) in [5, 5.41) is 0. The van der Waals surface area contributed by atoms with Gasteiger partial charge in [-0.2, -0.15) is 0 Å². The van der Waals surface area contributed by atoms with Gasteiger partial charge in [-0.3, -0.25) is 0 Å². The molecule has 0 spiro atoms. The van der Waals surface area contributed by atoms with E-state index in [2.05, 4.69) is 30.9 Å². The number of unbranched alkanes of at least 4 members (excludes halogenated alkanes) is 1.